The minimum Gasteiger partial charge on any atom is -0.296 e. The molecule has 52 valence electrons. The Balaban J connectivity index is 3.27. The van der Waals surface area contributed by atoms with Gasteiger partial charge in [-0.15, -0.1) is 0 Å². The van der Waals surface area contributed by atoms with Crippen LogP contribution in [-0.4, -0.2) is 11.3 Å². The second-order valence-electron chi connectivity index (χ2n) is 1.94. The smallest absolute Gasteiger partial charge is 0.171 e. The van der Waals surface area contributed by atoms with E-state index in [0.29, 0.717) is 11.8 Å². The molecule has 0 atom stereocenters. The third kappa shape index (κ3) is 1.03. The third-order valence-electron chi connectivity index (χ3n) is 1.22. The first-order valence-electron chi connectivity index (χ1n) is 2.82. The molecule has 1 rings (SSSR count). The molecule has 0 aromatic carbocycles. The summed E-state index contributed by atoms with van der Waals surface area (Å²) < 4.78 is 12.7. The van der Waals surface area contributed by atoms with Gasteiger partial charge in [0.1, 0.15) is 5.69 Å². The second kappa shape index (κ2) is 2.56. The van der Waals surface area contributed by atoms with Crippen LogP contribution in [0.15, 0.2) is 12.3 Å². The molecule has 0 radical (unpaired) electrons. The highest BCUT2D eigenvalue weighted by Gasteiger charge is 2.02. The topological polar surface area (TPSA) is 30.0 Å². The molecule has 0 aliphatic rings. The average Bonchev–Trinajstić information content (AvgIpc) is 1.95. The molecule has 0 amide bonds. The Morgan fingerprint density at radius 1 is 1.70 bits per heavy atom. The van der Waals surface area contributed by atoms with Crippen molar-refractivity contribution in [3.63, 3.8) is 0 Å². The summed E-state index contributed by atoms with van der Waals surface area (Å²) in [4.78, 5) is 13.6. The number of rotatable bonds is 1. The number of aldehydes is 1. The summed E-state index contributed by atoms with van der Waals surface area (Å²) in [5, 5.41) is 0. The maximum absolute atomic E-state index is 12.7. The highest BCUT2D eigenvalue weighted by atomic mass is 19.1. The lowest BCUT2D eigenvalue weighted by Gasteiger charge is -1.94. The predicted molar refractivity (Wildman–Crippen MR) is 34.3 cm³/mol. The summed E-state index contributed by atoms with van der Waals surface area (Å²) in [5.74, 6) is -0.530. The Bertz CT molecular complexity index is 260. The normalized spacial score (nSPS) is 9.40. The minimum absolute atomic E-state index is 0.125. The first-order chi connectivity index (χ1) is 4.75. The fourth-order valence-electron chi connectivity index (χ4n) is 0.643. The lowest BCUT2D eigenvalue weighted by molar-refractivity contribution is 0.111. The lowest BCUT2D eigenvalue weighted by Crippen LogP contribution is -1.94. The first kappa shape index (κ1) is 6.86. The molecule has 0 unspecified atom stereocenters. The van der Waals surface area contributed by atoms with E-state index in [9.17, 15) is 9.18 Å². The van der Waals surface area contributed by atoms with Gasteiger partial charge in [-0.1, -0.05) is 0 Å². The van der Waals surface area contributed by atoms with Crippen LogP contribution in [0, 0.1) is 12.7 Å². The van der Waals surface area contributed by atoms with Gasteiger partial charge in [-0.25, -0.2) is 4.39 Å². The van der Waals surface area contributed by atoms with Gasteiger partial charge in [0.25, 0.3) is 0 Å². The highest BCUT2D eigenvalue weighted by Crippen LogP contribution is 2.05. The zero-order valence-corrected chi connectivity index (χ0v) is 5.47. The Hall–Kier alpha value is -1.25. The maximum Gasteiger partial charge on any atom is 0.171 e. The molecule has 0 spiro atoms. The fourth-order valence-corrected chi connectivity index (χ4v) is 0.643. The fraction of sp³-hybridized carbons (Fsp3) is 0.143. The first-order valence-corrected chi connectivity index (χ1v) is 2.82. The molecule has 1 heterocycles. The number of aryl methyl sites for hydroxylation is 1. The standard InChI is InChI=1S/C7H6FNO/c1-5-2-3-9-6(4-10)7(5)8/h2-4H,1H3. The summed E-state index contributed by atoms with van der Waals surface area (Å²) >= 11 is 0. The molecule has 0 fully saturated rings. The zero-order valence-electron chi connectivity index (χ0n) is 5.47. The SMILES string of the molecule is Cc1ccnc(C=O)c1F. The number of hydrogen-bond acceptors (Lipinski definition) is 2. The van der Waals surface area contributed by atoms with Crippen LogP contribution in [0.1, 0.15) is 16.1 Å². The second-order valence-corrected chi connectivity index (χ2v) is 1.94. The van der Waals surface area contributed by atoms with E-state index in [1.807, 2.05) is 0 Å². The predicted octanol–water partition coefficient (Wildman–Crippen LogP) is 1.34. The molecule has 0 N–H and O–H groups in total. The van der Waals surface area contributed by atoms with Gasteiger partial charge in [-0.3, -0.25) is 9.78 Å². The Morgan fingerprint density at radius 2 is 2.40 bits per heavy atom. The number of hydrogen-bond donors (Lipinski definition) is 0. The van der Waals surface area contributed by atoms with E-state index < -0.39 is 5.82 Å². The van der Waals surface area contributed by atoms with Crippen molar-refractivity contribution in [2.75, 3.05) is 0 Å². The number of nitrogens with zero attached hydrogens (tertiary/aromatic N) is 1. The molecule has 0 aliphatic carbocycles. The van der Waals surface area contributed by atoms with E-state index >= 15 is 0 Å². The molecular formula is C7H6FNO. The zero-order chi connectivity index (χ0) is 7.56. The lowest BCUT2D eigenvalue weighted by atomic mass is 10.2. The van der Waals surface area contributed by atoms with Crippen LogP contribution in [0.25, 0.3) is 0 Å². The number of halogens is 1. The van der Waals surface area contributed by atoms with E-state index in [0.717, 1.165) is 0 Å². The van der Waals surface area contributed by atoms with E-state index in [-0.39, 0.29) is 5.69 Å². The van der Waals surface area contributed by atoms with Crippen molar-refractivity contribution in [2.45, 2.75) is 6.92 Å². The van der Waals surface area contributed by atoms with E-state index in [2.05, 4.69) is 4.98 Å². The Kier molecular flexibility index (Phi) is 1.76. The van der Waals surface area contributed by atoms with Gasteiger partial charge in [0.05, 0.1) is 0 Å². The molecule has 3 heteroatoms. The quantitative estimate of drug-likeness (QED) is 0.549. The summed E-state index contributed by atoms with van der Waals surface area (Å²) in [6.07, 6.45) is 1.81. The van der Waals surface area contributed by atoms with Gasteiger partial charge in [0.15, 0.2) is 12.1 Å². The van der Waals surface area contributed by atoms with Crippen molar-refractivity contribution < 1.29 is 9.18 Å². The summed E-state index contributed by atoms with van der Waals surface area (Å²) in [6, 6.07) is 1.52. The van der Waals surface area contributed by atoms with Crippen LogP contribution >= 0.6 is 0 Å². The Labute approximate surface area is 57.7 Å². The van der Waals surface area contributed by atoms with E-state index in [1.165, 1.54) is 12.3 Å². The number of carbonyl (C=O) groups is 1. The third-order valence-corrected chi connectivity index (χ3v) is 1.22. The molecule has 2 nitrogen and oxygen atoms in total. The van der Waals surface area contributed by atoms with Crippen molar-refractivity contribution in [2.24, 2.45) is 0 Å². The van der Waals surface area contributed by atoms with E-state index in [4.69, 9.17) is 0 Å². The van der Waals surface area contributed by atoms with Crippen LogP contribution in [0.5, 0.6) is 0 Å². The van der Waals surface area contributed by atoms with Crippen LogP contribution in [0.4, 0.5) is 4.39 Å². The monoisotopic (exact) mass is 139 g/mol. The molecular weight excluding hydrogens is 133 g/mol. The van der Waals surface area contributed by atoms with Gasteiger partial charge in [0.2, 0.25) is 0 Å². The van der Waals surface area contributed by atoms with Crippen molar-refractivity contribution >= 4 is 6.29 Å². The molecule has 0 bridgehead atoms. The van der Waals surface area contributed by atoms with Gasteiger partial charge in [0, 0.05) is 6.20 Å². The van der Waals surface area contributed by atoms with Gasteiger partial charge >= 0.3 is 0 Å². The van der Waals surface area contributed by atoms with Gasteiger partial charge in [-0.05, 0) is 18.6 Å². The number of pyridine rings is 1. The van der Waals surface area contributed by atoms with Crippen molar-refractivity contribution in [1.29, 1.82) is 0 Å². The minimum atomic E-state index is -0.530. The number of aromatic nitrogens is 1. The van der Waals surface area contributed by atoms with Crippen LogP contribution in [-0.2, 0) is 0 Å². The van der Waals surface area contributed by atoms with Crippen LogP contribution < -0.4 is 0 Å². The summed E-state index contributed by atoms with van der Waals surface area (Å²) in [7, 11) is 0. The average molecular weight is 139 g/mol. The summed E-state index contributed by atoms with van der Waals surface area (Å²) in [5.41, 5.74) is 0.317. The molecule has 1 aromatic rings. The molecule has 0 aliphatic heterocycles. The largest absolute Gasteiger partial charge is 0.296 e. The van der Waals surface area contributed by atoms with Crippen molar-refractivity contribution in [3.05, 3.63) is 29.3 Å². The van der Waals surface area contributed by atoms with Crippen LogP contribution in [0.3, 0.4) is 0 Å². The number of carbonyl (C=O) groups excluding carboxylic acids is 1. The Morgan fingerprint density at radius 3 is 2.90 bits per heavy atom. The molecule has 0 saturated heterocycles. The maximum atomic E-state index is 12.7. The van der Waals surface area contributed by atoms with E-state index in [1.54, 1.807) is 6.92 Å². The summed E-state index contributed by atoms with van der Waals surface area (Å²) in [6.45, 7) is 1.59. The molecule has 0 saturated carbocycles. The van der Waals surface area contributed by atoms with Gasteiger partial charge in [-0.2, -0.15) is 0 Å². The molecule has 1 aromatic heterocycles. The van der Waals surface area contributed by atoms with Crippen molar-refractivity contribution in [3.8, 4) is 0 Å². The highest BCUT2D eigenvalue weighted by molar-refractivity contribution is 5.72. The molecule has 10 heavy (non-hydrogen) atoms. The van der Waals surface area contributed by atoms with Crippen molar-refractivity contribution in [1.82, 2.24) is 4.98 Å². The van der Waals surface area contributed by atoms with Gasteiger partial charge < -0.3 is 0 Å². The van der Waals surface area contributed by atoms with Crippen LogP contribution in [0.2, 0.25) is 0 Å².